The van der Waals surface area contributed by atoms with Crippen LogP contribution < -0.4 is 0 Å². The molecule has 1 aromatic carbocycles. The van der Waals surface area contributed by atoms with Crippen molar-refractivity contribution in [3.63, 3.8) is 0 Å². The second kappa shape index (κ2) is 13.6. The molecule has 1 heterocycles. The van der Waals surface area contributed by atoms with Crippen LogP contribution in [0.2, 0.25) is 0 Å². The minimum Gasteiger partial charge on any atom is -0.459 e. The Bertz CT molecular complexity index is 578. The molecule has 0 N–H and O–H groups in total. The van der Waals surface area contributed by atoms with Crippen LogP contribution in [0.5, 0.6) is 0 Å². The molecule has 5 nitrogen and oxygen atoms in total. The van der Waals surface area contributed by atoms with Crippen molar-refractivity contribution in [2.75, 3.05) is 5.94 Å². The van der Waals surface area contributed by atoms with E-state index in [-0.39, 0.29) is 29.4 Å². The standard InChI is InChI=1S/C22H32O5S/c1-2-3-4-5-6-10-13-20(23)26-17-28-22(19-14-15-21(24)27-19)25-16-18-11-8-7-9-12-18/h7-9,11-12,19,22H,2-6,10,13-17H2,1H3. The zero-order valence-electron chi connectivity index (χ0n) is 16.8. The lowest BCUT2D eigenvalue weighted by molar-refractivity contribution is -0.145. The second-order valence-electron chi connectivity index (χ2n) is 7.05. The quantitative estimate of drug-likeness (QED) is 0.239. The number of carbonyl (C=O) groups excluding carboxylic acids is 2. The van der Waals surface area contributed by atoms with E-state index in [4.69, 9.17) is 14.2 Å². The lowest BCUT2D eigenvalue weighted by atomic mass is 10.1. The molecule has 0 amide bonds. The van der Waals surface area contributed by atoms with Crippen molar-refractivity contribution in [2.45, 2.75) is 82.9 Å². The fourth-order valence-electron chi connectivity index (χ4n) is 3.04. The van der Waals surface area contributed by atoms with Gasteiger partial charge in [-0.1, -0.05) is 81.1 Å². The summed E-state index contributed by atoms with van der Waals surface area (Å²) in [6.07, 6.45) is 8.06. The molecule has 28 heavy (non-hydrogen) atoms. The smallest absolute Gasteiger partial charge is 0.306 e. The van der Waals surface area contributed by atoms with E-state index in [1.165, 1.54) is 37.4 Å². The van der Waals surface area contributed by atoms with Crippen LogP contribution in [-0.4, -0.2) is 29.4 Å². The van der Waals surface area contributed by atoms with Crippen molar-refractivity contribution < 1.29 is 23.8 Å². The summed E-state index contributed by atoms with van der Waals surface area (Å²) in [6, 6.07) is 9.85. The summed E-state index contributed by atoms with van der Waals surface area (Å²) in [5, 5.41) is 0. The van der Waals surface area contributed by atoms with Crippen LogP contribution in [-0.2, 0) is 30.4 Å². The van der Waals surface area contributed by atoms with Gasteiger partial charge < -0.3 is 14.2 Å². The molecule has 1 aliphatic rings. The summed E-state index contributed by atoms with van der Waals surface area (Å²) >= 11 is 1.38. The predicted molar refractivity (Wildman–Crippen MR) is 111 cm³/mol. The fraction of sp³-hybridized carbons (Fsp3) is 0.636. The van der Waals surface area contributed by atoms with Gasteiger partial charge >= 0.3 is 11.9 Å². The first-order valence-electron chi connectivity index (χ1n) is 10.3. The maximum Gasteiger partial charge on any atom is 0.306 e. The van der Waals surface area contributed by atoms with Gasteiger partial charge in [-0.15, -0.1) is 0 Å². The number of hydrogen-bond acceptors (Lipinski definition) is 6. The largest absolute Gasteiger partial charge is 0.459 e. The number of esters is 2. The Balaban J connectivity index is 1.68. The average molecular weight is 409 g/mol. The van der Waals surface area contributed by atoms with Crippen LogP contribution in [0.15, 0.2) is 30.3 Å². The Kier molecular flexibility index (Phi) is 11.1. The van der Waals surface area contributed by atoms with Gasteiger partial charge in [-0.2, -0.15) is 0 Å². The summed E-state index contributed by atoms with van der Waals surface area (Å²) in [5.41, 5.74) is 0.714. The number of unbranched alkanes of at least 4 members (excludes halogenated alkanes) is 5. The van der Waals surface area contributed by atoms with Crippen LogP contribution >= 0.6 is 11.8 Å². The molecule has 6 heteroatoms. The van der Waals surface area contributed by atoms with Crippen molar-refractivity contribution in [3.8, 4) is 0 Å². The number of carbonyl (C=O) groups is 2. The lowest BCUT2D eigenvalue weighted by Crippen LogP contribution is -2.27. The molecule has 1 saturated heterocycles. The predicted octanol–water partition coefficient (Wildman–Crippen LogP) is 5.22. The van der Waals surface area contributed by atoms with E-state index in [2.05, 4.69) is 6.92 Å². The molecule has 156 valence electrons. The highest BCUT2D eigenvalue weighted by Crippen LogP contribution is 2.28. The van der Waals surface area contributed by atoms with Gasteiger partial charge in [0.05, 0.1) is 6.61 Å². The third-order valence-corrected chi connectivity index (χ3v) is 5.69. The summed E-state index contributed by atoms with van der Waals surface area (Å²) in [4.78, 5) is 23.4. The highest BCUT2D eigenvalue weighted by atomic mass is 32.2. The lowest BCUT2D eigenvalue weighted by Gasteiger charge is -2.22. The number of benzene rings is 1. The minimum absolute atomic E-state index is 0.173. The van der Waals surface area contributed by atoms with E-state index in [0.717, 1.165) is 18.4 Å². The van der Waals surface area contributed by atoms with Crippen LogP contribution in [0.3, 0.4) is 0 Å². The molecule has 0 saturated carbocycles. The number of ether oxygens (including phenoxy) is 3. The van der Waals surface area contributed by atoms with Crippen molar-refractivity contribution in [2.24, 2.45) is 0 Å². The first kappa shape index (κ1) is 22.8. The van der Waals surface area contributed by atoms with Crippen molar-refractivity contribution in [3.05, 3.63) is 35.9 Å². The molecule has 0 radical (unpaired) electrons. The number of rotatable bonds is 14. The molecule has 0 bridgehead atoms. The van der Waals surface area contributed by atoms with Gasteiger partial charge in [0.15, 0.2) is 0 Å². The third-order valence-electron chi connectivity index (χ3n) is 4.66. The van der Waals surface area contributed by atoms with Crippen LogP contribution in [0.4, 0.5) is 0 Å². The molecule has 1 aliphatic heterocycles. The zero-order chi connectivity index (χ0) is 20.0. The van der Waals surface area contributed by atoms with Crippen LogP contribution in [0, 0.1) is 0 Å². The molecule has 1 fully saturated rings. The molecule has 2 atom stereocenters. The second-order valence-corrected chi connectivity index (χ2v) is 8.08. The zero-order valence-corrected chi connectivity index (χ0v) is 17.6. The van der Waals surface area contributed by atoms with E-state index in [1.807, 2.05) is 30.3 Å². The van der Waals surface area contributed by atoms with Crippen molar-refractivity contribution in [1.82, 2.24) is 0 Å². The molecular formula is C22H32O5S. The monoisotopic (exact) mass is 408 g/mol. The van der Waals surface area contributed by atoms with Crippen LogP contribution in [0.1, 0.15) is 70.3 Å². The third kappa shape index (κ3) is 9.11. The van der Waals surface area contributed by atoms with Crippen LogP contribution in [0.25, 0.3) is 0 Å². The Morgan fingerprint density at radius 1 is 1.18 bits per heavy atom. The Morgan fingerprint density at radius 2 is 1.93 bits per heavy atom. The highest BCUT2D eigenvalue weighted by molar-refractivity contribution is 7.99. The maximum absolute atomic E-state index is 11.9. The molecule has 0 aliphatic carbocycles. The van der Waals surface area contributed by atoms with E-state index in [9.17, 15) is 9.59 Å². The number of hydrogen-bond donors (Lipinski definition) is 0. The normalized spacial score (nSPS) is 17.3. The molecule has 2 unspecified atom stereocenters. The van der Waals surface area contributed by atoms with Gasteiger partial charge in [0.1, 0.15) is 17.5 Å². The van der Waals surface area contributed by atoms with E-state index >= 15 is 0 Å². The SMILES string of the molecule is CCCCCCCCC(=O)OCSC(OCc1ccccc1)C1CCC(=O)O1. The highest BCUT2D eigenvalue weighted by Gasteiger charge is 2.32. The van der Waals surface area contributed by atoms with Gasteiger partial charge in [0.2, 0.25) is 0 Å². The summed E-state index contributed by atoms with van der Waals surface area (Å²) in [5.74, 6) is -0.158. The summed E-state index contributed by atoms with van der Waals surface area (Å²) in [6.45, 7) is 2.62. The molecule has 0 spiro atoms. The van der Waals surface area contributed by atoms with Gasteiger partial charge in [0, 0.05) is 12.8 Å². The number of cyclic esters (lactones) is 1. The first-order chi connectivity index (χ1) is 13.7. The first-order valence-corrected chi connectivity index (χ1v) is 11.4. The van der Waals surface area contributed by atoms with E-state index in [1.54, 1.807) is 0 Å². The molecule has 1 aromatic rings. The van der Waals surface area contributed by atoms with Gasteiger partial charge in [-0.05, 0) is 18.4 Å². The van der Waals surface area contributed by atoms with Crippen molar-refractivity contribution >= 4 is 23.7 Å². The Labute approximate surface area is 172 Å². The molecule has 0 aromatic heterocycles. The summed E-state index contributed by atoms with van der Waals surface area (Å²) < 4.78 is 16.7. The maximum atomic E-state index is 11.9. The fourth-order valence-corrected chi connectivity index (χ4v) is 3.95. The van der Waals surface area contributed by atoms with E-state index < -0.39 is 0 Å². The van der Waals surface area contributed by atoms with E-state index in [0.29, 0.717) is 25.9 Å². The Hall–Kier alpha value is -1.53. The van der Waals surface area contributed by atoms with Crippen molar-refractivity contribution in [1.29, 1.82) is 0 Å². The topological polar surface area (TPSA) is 61.8 Å². The minimum atomic E-state index is -0.339. The Morgan fingerprint density at radius 3 is 2.64 bits per heavy atom. The molecular weight excluding hydrogens is 376 g/mol. The van der Waals surface area contributed by atoms with Gasteiger partial charge in [-0.25, -0.2) is 0 Å². The summed E-state index contributed by atoms with van der Waals surface area (Å²) in [7, 11) is 0. The van der Waals surface area contributed by atoms with Gasteiger partial charge in [0.25, 0.3) is 0 Å². The average Bonchev–Trinajstić information content (AvgIpc) is 3.14. The molecule has 2 rings (SSSR count). The number of thioether (sulfide) groups is 1. The van der Waals surface area contributed by atoms with Gasteiger partial charge in [-0.3, -0.25) is 9.59 Å².